The van der Waals surface area contributed by atoms with Crippen LogP contribution < -0.4 is 15.0 Å². The summed E-state index contributed by atoms with van der Waals surface area (Å²) in [6.07, 6.45) is 3.38. The number of nitrogens with zero attached hydrogens (tertiary/aromatic N) is 5. The molecule has 6 rings (SSSR count). The standard InChI is InChI=1S/C29H30N6O4/c1-2-7-25(28-31-32-33-35(28)19-23-10-6-11-37-23)34(17-20-8-4-3-5-9-20)18-22-14-21-15-26-27(39-13-12-38-26)16-24(21)30-29(22)36/h3-6,8-11,14-16,25H,2,7,12-13,17-19H2,1H3,(H,30,36)/t25-/m1/s1. The van der Waals surface area contributed by atoms with Gasteiger partial charge in [-0.05, 0) is 46.7 Å². The van der Waals surface area contributed by atoms with Gasteiger partial charge in [-0.1, -0.05) is 43.7 Å². The molecule has 3 aromatic heterocycles. The largest absolute Gasteiger partial charge is 0.486 e. The van der Waals surface area contributed by atoms with E-state index in [9.17, 15) is 4.79 Å². The summed E-state index contributed by atoms with van der Waals surface area (Å²) in [5.41, 5.74) is 2.37. The lowest BCUT2D eigenvalue weighted by atomic mass is 10.1. The van der Waals surface area contributed by atoms with Gasteiger partial charge in [0.15, 0.2) is 17.3 Å². The molecule has 0 unspecified atom stereocenters. The summed E-state index contributed by atoms with van der Waals surface area (Å²) >= 11 is 0. The maximum absolute atomic E-state index is 13.3. The van der Waals surface area contributed by atoms with Gasteiger partial charge in [0.2, 0.25) is 0 Å². The van der Waals surface area contributed by atoms with Crippen molar-refractivity contribution in [2.45, 2.75) is 45.4 Å². The summed E-state index contributed by atoms with van der Waals surface area (Å²) in [6, 6.07) is 19.6. The van der Waals surface area contributed by atoms with Crippen LogP contribution in [0.2, 0.25) is 0 Å². The minimum absolute atomic E-state index is 0.129. The highest BCUT2D eigenvalue weighted by Gasteiger charge is 2.27. The maximum Gasteiger partial charge on any atom is 0.252 e. The average Bonchev–Trinajstić information content (AvgIpc) is 3.64. The van der Waals surface area contributed by atoms with Gasteiger partial charge in [-0.15, -0.1) is 5.10 Å². The Morgan fingerprint density at radius 3 is 2.62 bits per heavy atom. The fourth-order valence-electron chi connectivity index (χ4n) is 5.08. The van der Waals surface area contributed by atoms with Gasteiger partial charge in [0.05, 0.1) is 17.8 Å². The zero-order chi connectivity index (χ0) is 26.6. The second-order valence-corrected chi connectivity index (χ2v) is 9.68. The molecule has 0 spiro atoms. The Morgan fingerprint density at radius 1 is 1.03 bits per heavy atom. The van der Waals surface area contributed by atoms with Crippen molar-refractivity contribution in [1.82, 2.24) is 30.1 Å². The van der Waals surface area contributed by atoms with E-state index < -0.39 is 0 Å². The van der Waals surface area contributed by atoms with Crippen molar-refractivity contribution >= 4 is 10.9 Å². The molecule has 5 aromatic rings. The molecule has 0 bridgehead atoms. The Labute approximate surface area is 225 Å². The quantitative estimate of drug-likeness (QED) is 0.284. The van der Waals surface area contributed by atoms with E-state index in [1.807, 2.05) is 48.5 Å². The Bertz CT molecular complexity index is 1600. The number of furan rings is 1. The fourth-order valence-corrected chi connectivity index (χ4v) is 5.08. The topological polar surface area (TPSA) is 111 Å². The molecule has 4 heterocycles. The molecule has 1 aliphatic heterocycles. The first kappa shape index (κ1) is 24.9. The second-order valence-electron chi connectivity index (χ2n) is 9.68. The average molecular weight is 527 g/mol. The summed E-state index contributed by atoms with van der Waals surface area (Å²) in [7, 11) is 0. The predicted molar refractivity (Wildman–Crippen MR) is 145 cm³/mol. The molecule has 10 nitrogen and oxygen atoms in total. The van der Waals surface area contributed by atoms with E-state index in [4.69, 9.17) is 13.9 Å². The van der Waals surface area contributed by atoms with Gasteiger partial charge >= 0.3 is 0 Å². The number of benzene rings is 2. The van der Waals surface area contributed by atoms with Crippen molar-refractivity contribution in [2.75, 3.05) is 13.2 Å². The van der Waals surface area contributed by atoms with E-state index in [1.54, 1.807) is 10.9 Å². The zero-order valence-corrected chi connectivity index (χ0v) is 21.7. The molecular weight excluding hydrogens is 496 g/mol. The third kappa shape index (κ3) is 5.42. The summed E-state index contributed by atoms with van der Waals surface area (Å²) < 4.78 is 18.8. The number of ether oxygens (including phenoxy) is 2. The second kappa shape index (κ2) is 11.1. The summed E-state index contributed by atoms with van der Waals surface area (Å²) in [5, 5.41) is 13.6. The van der Waals surface area contributed by atoms with Crippen LogP contribution in [0.1, 0.15) is 48.5 Å². The third-order valence-corrected chi connectivity index (χ3v) is 6.93. The minimum Gasteiger partial charge on any atom is -0.486 e. The molecule has 0 fully saturated rings. The van der Waals surface area contributed by atoms with Crippen molar-refractivity contribution in [3.63, 3.8) is 0 Å². The highest BCUT2D eigenvalue weighted by atomic mass is 16.6. The van der Waals surface area contributed by atoms with Crippen LogP contribution in [0, 0.1) is 0 Å². The van der Waals surface area contributed by atoms with E-state index in [-0.39, 0.29) is 11.6 Å². The molecule has 0 amide bonds. The van der Waals surface area contributed by atoms with Gasteiger partial charge in [-0.2, -0.15) is 0 Å². The lowest BCUT2D eigenvalue weighted by Gasteiger charge is -2.31. The lowest BCUT2D eigenvalue weighted by molar-refractivity contribution is 0.155. The minimum atomic E-state index is -0.136. The number of rotatable bonds is 10. The van der Waals surface area contributed by atoms with Gasteiger partial charge < -0.3 is 18.9 Å². The van der Waals surface area contributed by atoms with E-state index in [1.165, 1.54) is 0 Å². The smallest absolute Gasteiger partial charge is 0.252 e. The first-order valence-electron chi connectivity index (χ1n) is 13.2. The summed E-state index contributed by atoms with van der Waals surface area (Å²) in [6.45, 7) is 4.60. The SMILES string of the molecule is CCC[C@H](c1nnnn1Cc1ccco1)N(Cc1ccccc1)Cc1cc2cc3c(cc2[nH]c1=O)OCCO3. The number of pyridine rings is 1. The predicted octanol–water partition coefficient (Wildman–Crippen LogP) is 4.47. The van der Waals surface area contributed by atoms with Crippen molar-refractivity contribution < 1.29 is 13.9 Å². The van der Waals surface area contributed by atoms with Gasteiger partial charge in [0.1, 0.15) is 25.5 Å². The van der Waals surface area contributed by atoms with Gasteiger partial charge in [0, 0.05) is 30.1 Å². The van der Waals surface area contributed by atoms with E-state index in [0.717, 1.165) is 40.9 Å². The van der Waals surface area contributed by atoms with Crippen LogP contribution in [0.5, 0.6) is 11.5 Å². The van der Waals surface area contributed by atoms with Gasteiger partial charge in [0.25, 0.3) is 5.56 Å². The van der Waals surface area contributed by atoms with Crippen LogP contribution in [0.4, 0.5) is 0 Å². The number of H-pyrrole nitrogens is 1. The first-order valence-corrected chi connectivity index (χ1v) is 13.2. The molecule has 1 atom stereocenters. The summed E-state index contributed by atoms with van der Waals surface area (Å²) in [5.74, 6) is 2.85. The fraction of sp³-hybridized carbons (Fsp3) is 0.310. The van der Waals surface area contributed by atoms with Crippen molar-refractivity contribution in [3.05, 3.63) is 100.0 Å². The number of hydrogen-bond donors (Lipinski definition) is 1. The van der Waals surface area contributed by atoms with Crippen molar-refractivity contribution in [3.8, 4) is 11.5 Å². The van der Waals surface area contributed by atoms with Crippen LogP contribution in [-0.2, 0) is 19.6 Å². The highest BCUT2D eigenvalue weighted by Crippen LogP contribution is 2.34. The van der Waals surface area contributed by atoms with Crippen LogP contribution >= 0.6 is 0 Å². The number of nitrogens with one attached hydrogen (secondary N) is 1. The molecule has 10 heteroatoms. The highest BCUT2D eigenvalue weighted by molar-refractivity contribution is 5.83. The molecule has 39 heavy (non-hydrogen) atoms. The molecular formula is C29H30N6O4. The Hall–Kier alpha value is -4.44. The number of tetrazole rings is 1. The molecule has 1 aliphatic rings. The molecule has 0 aliphatic carbocycles. The first-order chi connectivity index (χ1) is 19.2. The Kier molecular flexibility index (Phi) is 7.09. The molecule has 0 saturated carbocycles. The van der Waals surface area contributed by atoms with E-state index in [2.05, 4.69) is 44.5 Å². The van der Waals surface area contributed by atoms with Crippen LogP contribution in [0.25, 0.3) is 10.9 Å². The maximum atomic E-state index is 13.3. The van der Waals surface area contributed by atoms with Crippen LogP contribution in [0.15, 0.2) is 76.1 Å². The number of aromatic amines is 1. The molecule has 2 aromatic carbocycles. The van der Waals surface area contributed by atoms with Gasteiger partial charge in [-0.25, -0.2) is 4.68 Å². The van der Waals surface area contributed by atoms with Gasteiger partial charge in [-0.3, -0.25) is 9.69 Å². The van der Waals surface area contributed by atoms with Crippen LogP contribution in [0.3, 0.4) is 0 Å². The lowest BCUT2D eigenvalue weighted by Crippen LogP contribution is -2.32. The monoisotopic (exact) mass is 526 g/mol. The Morgan fingerprint density at radius 2 is 1.85 bits per heavy atom. The van der Waals surface area contributed by atoms with Crippen molar-refractivity contribution in [1.29, 1.82) is 0 Å². The number of aromatic nitrogens is 5. The molecule has 0 saturated heterocycles. The number of hydrogen-bond acceptors (Lipinski definition) is 8. The van der Waals surface area contributed by atoms with E-state index in [0.29, 0.717) is 49.9 Å². The molecule has 200 valence electrons. The molecule has 0 radical (unpaired) electrons. The zero-order valence-electron chi connectivity index (χ0n) is 21.7. The van der Waals surface area contributed by atoms with E-state index >= 15 is 0 Å². The normalized spacial score (nSPS) is 13.7. The summed E-state index contributed by atoms with van der Waals surface area (Å²) in [4.78, 5) is 18.6. The van der Waals surface area contributed by atoms with Crippen molar-refractivity contribution in [2.24, 2.45) is 0 Å². The van der Waals surface area contributed by atoms with Crippen LogP contribution in [-0.4, -0.2) is 43.3 Å². The molecule has 1 N–H and O–H groups in total. The number of fused-ring (bicyclic) bond motifs is 2. The Balaban J connectivity index is 1.38. The third-order valence-electron chi connectivity index (χ3n) is 6.93.